The van der Waals surface area contributed by atoms with Crippen LogP contribution < -0.4 is 0 Å². The zero-order valence-corrected chi connectivity index (χ0v) is 12.3. The predicted octanol–water partition coefficient (Wildman–Crippen LogP) is 2.90. The van der Waals surface area contributed by atoms with Crippen LogP contribution in [0, 0.1) is 12.7 Å². The van der Waals surface area contributed by atoms with E-state index in [-0.39, 0.29) is 16.3 Å². The van der Waals surface area contributed by atoms with Gasteiger partial charge in [0.05, 0.1) is 4.90 Å². The van der Waals surface area contributed by atoms with E-state index in [4.69, 9.17) is 11.6 Å². The smallest absolute Gasteiger partial charge is 0.207 e. The third-order valence-electron chi connectivity index (χ3n) is 2.74. The van der Waals surface area contributed by atoms with Crippen molar-refractivity contribution >= 4 is 21.6 Å². The number of sulfonamides is 1. The van der Waals surface area contributed by atoms with Gasteiger partial charge in [-0.2, -0.15) is 0 Å². The number of nitrogens with zero attached hydrogens (tertiary/aromatic N) is 1. The first-order valence-electron chi connectivity index (χ1n) is 5.66. The summed E-state index contributed by atoms with van der Waals surface area (Å²) in [4.78, 5) is -0.00546. The highest BCUT2D eigenvalue weighted by molar-refractivity contribution is 7.89. The highest BCUT2D eigenvalue weighted by atomic mass is 35.5. The molecule has 1 rings (SSSR count). The Hall–Kier alpha value is -0.650. The molecular formula is C12H17ClFNO2S. The highest BCUT2D eigenvalue weighted by Crippen LogP contribution is 2.24. The third kappa shape index (κ3) is 3.02. The quantitative estimate of drug-likeness (QED) is 0.783. The molecule has 102 valence electrons. The van der Waals surface area contributed by atoms with Gasteiger partial charge in [-0.25, -0.2) is 17.1 Å². The lowest BCUT2D eigenvalue weighted by molar-refractivity contribution is 0.467. The Morgan fingerprint density at radius 2 is 2.00 bits per heavy atom. The first-order chi connectivity index (χ1) is 8.34. The van der Waals surface area contributed by atoms with Gasteiger partial charge in [0.15, 0.2) is 0 Å². The minimum absolute atomic E-state index is 0.00546. The minimum atomic E-state index is -3.65. The van der Waals surface area contributed by atoms with Gasteiger partial charge in [0.2, 0.25) is 10.0 Å². The second-order valence-electron chi connectivity index (χ2n) is 4.16. The Morgan fingerprint density at radius 3 is 2.50 bits per heavy atom. The van der Waals surface area contributed by atoms with Gasteiger partial charge in [-0.05, 0) is 31.0 Å². The summed E-state index contributed by atoms with van der Waals surface area (Å²) in [6.45, 7) is 3.74. The van der Waals surface area contributed by atoms with E-state index < -0.39 is 15.8 Å². The number of rotatable bonds is 5. The summed E-state index contributed by atoms with van der Waals surface area (Å²) in [6, 6.07) is 2.70. The van der Waals surface area contributed by atoms with Gasteiger partial charge in [-0.3, -0.25) is 0 Å². The van der Waals surface area contributed by atoms with E-state index in [1.54, 1.807) is 0 Å². The number of alkyl halides is 1. The van der Waals surface area contributed by atoms with Crippen LogP contribution in [0.5, 0.6) is 0 Å². The van der Waals surface area contributed by atoms with Crippen LogP contribution in [0.15, 0.2) is 17.0 Å². The molecule has 0 saturated heterocycles. The van der Waals surface area contributed by atoms with E-state index in [1.165, 1.54) is 30.4 Å². The zero-order valence-electron chi connectivity index (χ0n) is 10.7. The normalized spacial score (nSPS) is 12.1. The molecule has 0 N–H and O–H groups in total. The first kappa shape index (κ1) is 15.4. The molecule has 6 heteroatoms. The zero-order chi connectivity index (χ0) is 13.9. The molecule has 1 aromatic rings. The molecule has 3 nitrogen and oxygen atoms in total. The molecule has 0 fully saturated rings. The molecule has 18 heavy (non-hydrogen) atoms. The van der Waals surface area contributed by atoms with Gasteiger partial charge in [0.1, 0.15) is 5.82 Å². The molecule has 0 aliphatic rings. The Kier molecular flexibility index (Phi) is 5.13. The van der Waals surface area contributed by atoms with Crippen LogP contribution >= 0.6 is 11.6 Å². The van der Waals surface area contributed by atoms with Crippen molar-refractivity contribution in [1.29, 1.82) is 0 Å². The summed E-state index contributed by atoms with van der Waals surface area (Å²) in [5, 5.41) is 0. The van der Waals surface area contributed by atoms with E-state index in [2.05, 4.69) is 0 Å². The van der Waals surface area contributed by atoms with E-state index in [9.17, 15) is 12.8 Å². The molecule has 0 heterocycles. The Bertz CT molecular complexity index is 531. The number of benzene rings is 1. The van der Waals surface area contributed by atoms with Crippen molar-refractivity contribution in [3.05, 3.63) is 29.1 Å². The van der Waals surface area contributed by atoms with Crippen molar-refractivity contribution in [3.63, 3.8) is 0 Å². The van der Waals surface area contributed by atoms with Crippen molar-refractivity contribution in [3.8, 4) is 0 Å². The van der Waals surface area contributed by atoms with Crippen LogP contribution in [0.2, 0.25) is 0 Å². The standard InChI is InChI=1S/C12H17ClFNO2S/c1-4-5-15(3)18(16,17)12-7-10(8-13)6-11(14)9(12)2/h6-7H,4-5,8H2,1-3H3. The largest absolute Gasteiger partial charge is 0.243 e. The maximum Gasteiger partial charge on any atom is 0.243 e. The third-order valence-corrected chi connectivity index (χ3v) is 5.03. The van der Waals surface area contributed by atoms with Gasteiger partial charge in [0, 0.05) is 25.0 Å². The molecule has 1 aromatic carbocycles. The van der Waals surface area contributed by atoms with E-state index in [0.29, 0.717) is 18.5 Å². The molecular weight excluding hydrogens is 277 g/mol. The fourth-order valence-corrected chi connectivity index (χ4v) is 3.35. The van der Waals surface area contributed by atoms with Crippen molar-refractivity contribution in [2.24, 2.45) is 0 Å². The van der Waals surface area contributed by atoms with Crippen LogP contribution in [0.3, 0.4) is 0 Å². The summed E-state index contributed by atoms with van der Waals surface area (Å²) < 4.78 is 39.5. The number of halogens is 2. The van der Waals surface area contributed by atoms with E-state index >= 15 is 0 Å². The van der Waals surface area contributed by atoms with Crippen molar-refractivity contribution in [1.82, 2.24) is 4.31 Å². The first-order valence-corrected chi connectivity index (χ1v) is 7.63. The molecule has 0 spiro atoms. The average Bonchev–Trinajstić information content (AvgIpc) is 2.32. The van der Waals surface area contributed by atoms with E-state index in [1.807, 2.05) is 6.92 Å². The SMILES string of the molecule is CCCN(C)S(=O)(=O)c1cc(CCl)cc(F)c1C. The molecule has 0 aliphatic carbocycles. The topological polar surface area (TPSA) is 37.4 Å². The van der Waals surface area contributed by atoms with Gasteiger partial charge in [-0.15, -0.1) is 11.6 Å². The lowest BCUT2D eigenvalue weighted by Gasteiger charge is -2.18. The maximum atomic E-state index is 13.7. The summed E-state index contributed by atoms with van der Waals surface area (Å²) in [6.07, 6.45) is 0.701. The minimum Gasteiger partial charge on any atom is -0.207 e. The molecule has 0 aliphatic heterocycles. The molecule has 0 unspecified atom stereocenters. The summed E-state index contributed by atoms with van der Waals surface area (Å²) >= 11 is 5.64. The van der Waals surface area contributed by atoms with Crippen molar-refractivity contribution in [2.75, 3.05) is 13.6 Å². The van der Waals surface area contributed by atoms with Gasteiger partial charge < -0.3 is 0 Å². The maximum absolute atomic E-state index is 13.7. The van der Waals surface area contributed by atoms with Crippen LogP contribution in [0.25, 0.3) is 0 Å². The molecule has 0 radical (unpaired) electrons. The second-order valence-corrected chi connectivity index (χ2v) is 6.44. The second kappa shape index (κ2) is 5.99. The van der Waals surface area contributed by atoms with Gasteiger partial charge in [-0.1, -0.05) is 6.92 Å². The van der Waals surface area contributed by atoms with Crippen LogP contribution in [-0.2, 0) is 15.9 Å². The lowest BCUT2D eigenvalue weighted by Crippen LogP contribution is -2.28. The molecule has 0 saturated carbocycles. The highest BCUT2D eigenvalue weighted by Gasteiger charge is 2.24. The average molecular weight is 294 g/mol. The summed E-state index contributed by atoms with van der Waals surface area (Å²) in [5.74, 6) is -0.464. The van der Waals surface area contributed by atoms with Crippen LogP contribution in [-0.4, -0.2) is 26.3 Å². The molecule has 0 atom stereocenters. The van der Waals surface area contributed by atoms with Crippen LogP contribution in [0.1, 0.15) is 24.5 Å². The van der Waals surface area contributed by atoms with E-state index in [0.717, 1.165) is 0 Å². The summed E-state index contributed by atoms with van der Waals surface area (Å²) in [7, 11) is -2.16. The van der Waals surface area contributed by atoms with Crippen molar-refractivity contribution in [2.45, 2.75) is 31.0 Å². The Morgan fingerprint density at radius 1 is 1.39 bits per heavy atom. The Balaban J connectivity index is 3.36. The summed E-state index contributed by atoms with van der Waals surface area (Å²) in [5.41, 5.74) is 0.593. The fraction of sp³-hybridized carbons (Fsp3) is 0.500. The van der Waals surface area contributed by atoms with Gasteiger partial charge >= 0.3 is 0 Å². The lowest BCUT2D eigenvalue weighted by atomic mass is 10.1. The predicted molar refractivity (Wildman–Crippen MR) is 70.8 cm³/mol. The number of hydrogen-bond acceptors (Lipinski definition) is 2. The molecule has 0 bridgehead atoms. The van der Waals surface area contributed by atoms with Crippen molar-refractivity contribution < 1.29 is 12.8 Å². The molecule has 0 aromatic heterocycles. The Labute approximate surface area is 113 Å². The van der Waals surface area contributed by atoms with Crippen LogP contribution in [0.4, 0.5) is 4.39 Å². The fourth-order valence-electron chi connectivity index (χ4n) is 1.66. The van der Waals surface area contributed by atoms with Gasteiger partial charge in [0.25, 0.3) is 0 Å². The monoisotopic (exact) mass is 293 g/mol. The molecule has 0 amide bonds. The number of hydrogen-bond donors (Lipinski definition) is 0.